The molecule has 11 nitrogen and oxygen atoms in total. The number of nitrogen functional groups attached to an aromatic ring is 1. The van der Waals surface area contributed by atoms with Crippen LogP contribution >= 0.6 is 0 Å². The number of carbonyl (C=O) groups excluding carboxylic acids is 1. The average molecular weight is 506 g/mol. The zero-order chi connectivity index (χ0) is 26.3. The van der Waals surface area contributed by atoms with Crippen molar-refractivity contribution in [1.82, 2.24) is 24.8 Å². The fourth-order valence-electron chi connectivity index (χ4n) is 4.70. The first-order chi connectivity index (χ1) is 17.7. The van der Waals surface area contributed by atoms with E-state index in [1.165, 1.54) is 30.0 Å². The Balaban J connectivity index is 1.50. The molecule has 12 heteroatoms. The molecule has 1 saturated heterocycles. The minimum Gasteiger partial charge on any atom is -0.497 e. The van der Waals surface area contributed by atoms with Gasteiger partial charge in [-0.2, -0.15) is 9.61 Å². The number of ether oxygens (including phenoxy) is 1. The van der Waals surface area contributed by atoms with Crippen LogP contribution < -0.4 is 26.4 Å². The van der Waals surface area contributed by atoms with E-state index in [1.807, 2.05) is 6.07 Å². The number of amides is 1. The highest BCUT2D eigenvalue weighted by Gasteiger charge is 2.37. The van der Waals surface area contributed by atoms with Gasteiger partial charge in [-0.05, 0) is 36.8 Å². The van der Waals surface area contributed by atoms with Gasteiger partial charge >= 0.3 is 0 Å². The van der Waals surface area contributed by atoms with E-state index in [2.05, 4.69) is 44.3 Å². The van der Waals surface area contributed by atoms with E-state index in [-0.39, 0.29) is 22.6 Å². The normalized spacial score (nSPS) is 17.1. The van der Waals surface area contributed by atoms with Gasteiger partial charge in [0.2, 0.25) is 0 Å². The number of nitrogens with one attached hydrogen (secondary N) is 1. The van der Waals surface area contributed by atoms with Crippen molar-refractivity contribution in [2.75, 3.05) is 36.1 Å². The van der Waals surface area contributed by atoms with Crippen LogP contribution in [0.25, 0.3) is 16.9 Å². The van der Waals surface area contributed by atoms with Crippen molar-refractivity contribution >= 4 is 29.0 Å². The van der Waals surface area contributed by atoms with Crippen molar-refractivity contribution in [3.63, 3.8) is 0 Å². The number of hydrogen-bond donors (Lipinski definition) is 3. The van der Waals surface area contributed by atoms with E-state index in [4.69, 9.17) is 16.2 Å². The van der Waals surface area contributed by atoms with Crippen molar-refractivity contribution in [2.24, 2.45) is 11.1 Å². The van der Waals surface area contributed by atoms with Crippen LogP contribution in [0.1, 0.15) is 30.6 Å². The van der Waals surface area contributed by atoms with E-state index < -0.39 is 11.7 Å². The predicted octanol–water partition coefficient (Wildman–Crippen LogP) is 2.73. The number of carbonyl (C=O) groups is 1. The maximum Gasteiger partial charge on any atom is 0.254 e. The van der Waals surface area contributed by atoms with E-state index in [9.17, 15) is 9.18 Å². The SMILES string of the molecule is COc1ccc(F)c(-c2cc3ncc(C(N)=O)c(N[C@@H]4CCN(c5ccc(N)nn5)CC4(C)C)n3n2)c1. The molecule has 37 heavy (non-hydrogen) atoms. The number of fused-ring (bicyclic) bond motifs is 1. The zero-order valence-corrected chi connectivity index (χ0v) is 20.8. The molecule has 3 aromatic heterocycles. The standard InChI is InChI=1S/C25H28FN9O2/c1-25(2)13-34(21-7-6-20(27)31-32-21)9-8-19(25)30-24-16(23(28)36)12-29-22-11-18(33-35(22)24)15-10-14(37-3)4-5-17(15)26/h4-7,10-12,19,30H,8-9,13H2,1-3H3,(H2,27,31)(H2,28,36)/t19-/m1/s1. The van der Waals surface area contributed by atoms with Gasteiger partial charge in [-0.1, -0.05) is 13.8 Å². The summed E-state index contributed by atoms with van der Waals surface area (Å²) < 4.78 is 21.4. The number of methoxy groups -OCH3 is 1. The van der Waals surface area contributed by atoms with Gasteiger partial charge in [-0.15, -0.1) is 10.2 Å². The first-order valence-corrected chi connectivity index (χ1v) is 11.8. The third-order valence-corrected chi connectivity index (χ3v) is 6.73. The van der Waals surface area contributed by atoms with E-state index in [0.717, 1.165) is 12.2 Å². The van der Waals surface area contributed by atoms with Gasteiger partial charge in [0.05, 0.1) is 18.4 Å². The Morgan fingerprint density at radius 1 is 1.22 bits per heavy atom. The molecule has 1 fully saturated rings. The van der Waals surface area contributed by atoms with E-state index in [0.29, 0.717) is 41.8 Å². The van der Waals surface area contributed by atoms with Gasteiger partial charge in [0.25, 0.3) is 5.91 Å². The second-order valence-electron chi connectivity index (χ2n) is 9.74. The molecule has 1 aromatic carbocycles. The van der Waals surface area contributed by atoms with Crippen LogP contribution in [0.4, 0.5) is 21.8 Å². The minimum atomic E-state index is -0.645. The van der Waals surface area contributed by atoms with Crippen molar-refractivity contribution < 1.29 is 13.9 Å². The summed E-state index contributed by atoms with van der Waals surface area (Å²) in [6.07, 6.45) is 2.15. The fourth-order valence-corrected chi connectivity index (χ4v) is 4.70. The highest BCUT2D eigenvalue weighted by atomic mass is 19.1. The van der Waals surface area contributed by atoms with Crippen molar-refractivity contribution in [3.05, 3.63) is 54.0 Å². The Hall–Kier alpha value is -4.48. The molecule has 0 bridgehead atoms. The second-order valence-corrected chi connectivity index (χ2v) is 9.74. The number of nitrogens with zero attached hydrogens (tertiary/aromatic N) is 6. The predicted molar refractivity (Wildman–Crippen MR) is 138 cm³/mol. The monoisotopic (exact) mass is 505 g/mol. The summed E-state index contributed by atoms with van der Waals surface area (Å²) in [6, 6.07) is 9.62. The topological polar surface area (TPSA) is 150 Å². The molecular formula is C25H28FN9O2. The van der Waals surface area contributed by atoms with Crippen LogP contribution in [-0.2, 0) is 0 Å². The zero-order valence-electron chi connectivity index (χ0n) is 20.8. The quantitative estimate of drug-likeness (QED) is 0.359. The summed E-state index contributed by atoms with van der Waals surface area (Å²) in [5.74, 6) is 0.930. The average Bonchev–Trinajstić information content (AvgIpc) is 3.30. The number of piperidine rings is 1. The van der Waals surface area contributed by atoms with Crippen molar-refractivity contribution in [2.45, 2.75) is 26.3 Å². The minimum absolute atomic E-state index is 0.0459. The van der Waals surface area contributed by atoms with Crippen molar-refractivity contribution in [1.29, 1.82) is 0 Å². The molecule has 1 atom stereocenters. The molecule has 0 unspecified atom stereocenters. The first-order valence-electron chi connectivity index (χ1n) is 11.8. The molecule has 1 aliphatic rings. The Kier molecular flexibility index (Phi) is 6.02. The van der Waals surface area contributed by atoms with Crippen LogP contribution in [-0.4, -0.2) is 56.9 Å². The summed E-state index contributed by atoms with van der Waals surface area (Å²) in [4.78, 5) is 18.8. The Bertz CT molecular complexity index is 1470. The van der Waals surface area contributed by atoms with Crippen LogP contribution in [0.2, 0.25) is 0 Å². The van der Waals surface area contributed by atoms with Gasteiger partial charge < -0.3 is 26.4 Å². The molecule has 4 aromatic rings. The molecule has 5 rings (SSSR count). The van der Waals surface area contributed by atoms with Crippen molar-refractivity contribution in [3.8, 4) is 17.0 Å². The number of nitrogens with two attached hydrogens (primary N) is 2. The lowest BCUT2D eigenvalue weighted by Gasteiger charge is -2.45. The van der Waals surface area contributed by atoms with Crippen LogP contribution in [0.15, 0.2) is 42.6 Å². The third kappa shape index (κ3) is 4.57. The van der Waals surface area contributed by atoms with Gasteiger partial charge in [-0.3, -0.25) is 4.79 Å². The highest BCUT2D eigenvalue weighted by molar-refractivity contribution is 5.97. The maximum absolute atomic E-state index is 14.7. The number of primary amides is 1. The molecule has 0 radical (unpaired) electrons. The largest absolute Gasteiger partial charge is 0.497 e. The molecule has 0 saturated carbocycles. The van der Waals surface area contributed by atoms with Gasteiger partial charge in [0.1, 0.15) is 23.2 Å². The summed E-state index contributed by atoms with van der Waals surface area (Å²) in [5, 5.41) is 16.3. The number of benzene rings is 1. The molecule has 0 aliphatic carbocycles. The number of aromatic nitrogens is 5. The molecule has 0 spiro atoms. The number of halogens is 1. The molecule has 5 N–H and O–H groups in total. The van der Waals surface area contributed by atoms with Gasteiger partial charge in [0.15, 0.2) is 11.5 Å². The Morgan fingerprint density at radius 3 is 2.70 bits per heavy atom. The third-order valence-electron chi connectivity index (χ3n) is 6.73. The Morgan fingerprint density at radius 2 is 2.03 bits per heavy atom. The van der Waals surface area contributed by atoms with Gasteiger partial charge in [-0.25, -0.2) is 9.37 Å². The van der Waals surface area contributed by atoms with Gasteiger partial charge in [0, 0.05) is 42.4 Å². The van der Waals surface area contributed by atoms with Crippen LogP contribution in [0.5, 0.6) is 5.75 Å². The lowest BCUT2D eigenvalue weighted by molar-refractivity contribution is 0.1000. The fraction of sp³-hybridized carbons (Fsp3) is 0.320. The number of rotatable bonds is 6. The van der Waals surface area contributed by atoms with Crippen LogP contribution in [0, 0.1) is 11.2 Å². The lowest BCUT2D eigenvalue weighted by Crippen LogP contribution is -2.52. The molecule has 192 valence electrons. The van der Waals surface area contributed by atoms with E-state index in [1.54, 1.807) is 18.2 Å². The lowest BCUT2D eigenvalue weighted by atomic mass is 9.79. The summed E-state index contributed by atoms with van der Waals surface area (Å²) in [7, 11) is 1.51. The maximum atomic E-state index is 14.7. The Labute approximate surface area is 212 Å². The smallest absolute Gasteiger partial charge is 0.254 e. The van der Waals surface area contributed by atoms with E-state index >= 15 is 0 Å². The summed E-state index contributed by atoms with van der Waals surface area (Å²) in [5.41, 5.74) is 12.4. The molecule has 1 aliphatic heterocycles. The first kappa shape index (κ1) is 24.2. The summed E-state index contributed by atoms with van der Waals surface area (Å²) >= 11 is 0. The molecule has 4 heterocycles. The van der Waals surface area contributed by atoms with Crippen LogP contribution in [0.3, 0.4) is 0 Å². The summed E-state index contributed by atoms with van der Waals surface area (Å²) in [6.45, 7) is 5.65. The number of hydrogen-bond acceptors (Lipinski definition) is 9. The molecular weight excluding hydrogens is 477 g/mol. The highest BCUT2D eigenvalue weighted by Crippen LogP contribution is 2.35. The number of anilines is 3. The molecule has 1 amide bonds. The second kappa shape index (κ2) is 9.19.